The summed E-state index contributed by atoms with van der Waals surface area (Å²) in [7, 11) is 1.34. The van der Waals surface area contributed by atoms with Crippen molar-refractivity contribution in [2.24, 2.45) is 17.6 Å². The molecular formula is C14H24N2O4. The second-order valence-corrected chi connectivity index (χ2v) is 5.72. The zero-order valence-electron chi connectivity index (χ0n) is 12.2. The second-order valence-electron chi connectivity index (χ2n) is 5.72. The van der Waals surface area contributed by atoms with Crippen LogP contribution in [-0.4, -0.2) is 49.3 Å². The molecule has 2 N–H and O–H groups in total. The highest BCUT2D eigenvalue weighted by molar-refractivity contribution is 5.81. The molecule has 20 heavy (non-hydrogen) atoms. The van der Waals surface area contributed by atoms with Crippen LogP contribution in [0.3, 0.4) is 0 Å². The Hall–Kier alpha value is -1.30. The molecule has 2 aliphatic rings. The van der Waals surface area contributed by atoms with E-state index in [0.29, 0.717) is 31.4 Å². The number of esters is 1. The van der Waals surface area contributed by atoms with Crippen molar-refractivity contribution in [1.29, 1.82) is 0 Å². The third-order valence-electron chi connectivity index (χ3n) is 4.48. The molecule has 114 valence electrons. The Kier molecular flexibility index (Phi) is 4.86. The lowest BCUT2D eigenvalue weighted by Crippen LogP contribution is -2.55. The van der Waals surface area contributed by atoms with E-state index in [1.165, 1.54) is 12.0 Å². The van der Waals surface area contributed by atoms with Crippen LogP contribution in [0.2, 0.25) is 0 Å². The summed E-state index contributed by atoms with van der Waals surface area (Å²) in [5, 5.41) is 0. The summed E-state index contributed by atoms with van der Waals surface area (Å²) in [5.41, 5.74) is 6.02. The predicted molar refractivity (Wildman–Crippen MR) is 73.0 cm³/mol. The van der Waals surface area contributed by atoms with Crippen LogP contribution in [0.4, 0.5) is 4.79 Å². The number of hydrogen-bond donors (Lipinski definition) is 1. The van der Waals surface area contributed by atoms with Gasteiger partial charge in [0.2, 0.25) is 0 Å². The van der Waals surface area contributed by atoms with E-state index in [1.807, 2.05) is 0 Å². The lowest BCUT2D eigenvalue weighted by molar-refractivity contribution is -0.152. The standard InChI is InChI=1S/C14H24N2O4/c1-3-20-13(17)12-7-10-6-11(15)5-4-9(10)8-16(12)14(18)19-2/h9-12H,3-8,15H2,1-2H3/t9-,10+,11-,12+/m0/s1. The smallest absolute Gasteiger partial charge is 0.410 e. The average Bonchev–Trinajstić information content (AvgIpc) is 2.45. The van der Waals surface area contributed by atoms with E-state index in [1.54, 1.807) is 6.92 Å². The summed E-state index contributed by atoms with van der Waals surface area (Å²) >= 11 is 0. The first-order valence-electron chi connectivity index (χ1n) is 7.33. The molecule has 2 fully saturated rings. The summed E-state index contributed by atoms with van der Waals surface area (Å²) in [6.45, 7) is 2.65. The van der Waals surface area contributed by atoms with Crippen LogP contribution in [0.25, 0.3) is 0 Å². The quantitative estimate of drug-likeness (QED) is 0.769. The number of carbonyl (C=O) groups excluding carboxylic acids is 2. The van der Waals surface area contributed by atoms with Gasteiger partial charge in [0.15, 0.2) is 0 Å². The Labute approximate surface area is 119 Å². The Bertz CT molecular complexity index is 374. The van der Waals surface area contributed by atoms with Gasteiger partial charge in [0.1, 0.15) is 6.04 Å². The Morgan fingerprint density at radius 1 is 1.25 bits per heavy atom. The molecular weight excluding hydrogens is 260 g/mol. The zero-order chi connectivity index (χ0) is 14.7. The first-order valence-corrected chi connectivity index (χ1v) is 7.33. The number of nitrogens with zero attached hydrogens (tertiary/aromatic N) is 1. The minimum absolute atomic E-state index is 0.212. The number of ether oxygens (including phenoxy) is 2. The van der Waals surface area contributed by atoms with Crippen molar-refractivity contribution in [3.05, 3.63) is 0 Å². The molecule has 0 bridgehead atoms. The zero-order valence-corrected chi connectivity index (χ0v) is 12.2. The molecule has 1 heterocycles. The van der Waals surface area contributed by atoms with Gasteiger partial charge in [-0.15, -0.1) is 0 Å². The molecule has 0 radical (unpaired) electrons. The fourth-order valence-corrected chi connectivity index (χ4v) is 3.47. The maximum Gasteiger partial charge on any atom is 0.410 e. The highest BCUT2D eigenvalue weighted by atomic mass is 16.6. The molecule has 0 aromatic heterocycles. The molecule has 0 spiro atoms. The van der Waals surface area contributed by atoms with E-state index in [0.717, 1.165) is 19.3 Å². The topological polar surface area (TPSA) is 81.9 Å². The van der Waals surface area contributed by atoms with Crippen molar-refractivity contribution in [2.45, 2.75) is 44.7 Å². The van der Waals surface area contributed by atoms with Gasteiger partial charge in [0.25, 0.3) is 0 Å². The number of methoxy groups -OCH3 is 1. The molecule has 4 atom stereocenters. The highest BCUT2D eigenvalue weighted by Gasteiger charge is 2.44. The molecule has 0 aromatic carbocycles. The molecule has 1 saturated heterocycles. The van der Waals surface area contributed by atoms with Crippen molar-refractivity contribution in [3.8, 4) is 0 Å². The van der Waals surface area contributed by atoms with E-state index < -0.39 is 12.1 Å². The van der Waals surface area contributed by atoms with Gasteiger partial charge in [-0.2, -0.15) is 0 Å². The van der Waals surface area contributed by atoms with Crippen molar-refractivity contribution in [3.63, 3.8) is 0 Å². The maximum atomic E-state index is 12.1. The number of amides is 1. The van der Waals surface area contributed by atoms with E-state index in [2.05, 4.69) is 0 Å². The molecule has 1 saturated carbocycles. The number of fused-ring (bicyclic) bond motifs is 1. The lowest BCUT2D eigenvalue weighted by Gasteiger charge is -2.45. The van der Waals surface area contributed by atoms with Gasteiger partial charge in [-0.25, -0.2) is 9.59 Å². The van der Waals surface area contributed by atoms with Crippen LogP contribution in [0, 0.1) is 11.8 Å². The minimum atomic E-state index is -0.533. The van der Waals surface area contributed by atoms with Crippen molar-refractivity contribution in [2.75, 3.05) is 20.3 Å². The van der Waals surface area contributed by atoms with Crippen LogP contribution >= 0.6 is 0 Å². The fourth-order valence-electron chi connectivity index (χ4n) is 3.47. The lowest BCUT2D eigenvalue weighted by atomic mass is 9.71. The Morgan fingerprint density at radius 2 is 2.00 bits per heavy atom. The molecule has 2 rings (SSSR count). The minimum Gasteiger partial charge on any atom is -0.464 e. The maximum absolute atomic E-state index is 12.1. The number of rotatable bonds is 2. The summed E-state index contributed by atoms with van der Waals surface area (Å²) < 4.78 is 9.90. The van der Waals surface area contributed by atoms with E-state index in [9.17, 15) is 9.59 Å². The van der Waals surface area contributed by atoms with Crippen LogP contribution < -0.4 is 5.73 Å². The van der Waals surface area contributed by atoms with Crippen molar-refractivity contribution in [1.82, 2.24) is 4.90 Å². The van der Waals surface area contributed by atoms with Crippen molar-refractivity contribution >= 4 is 12.1 Å². The van der Waals surface area contributed by atoms with Crippen LogP contribution in [-0.2, 0) is 14.3 Å². The van der Waals surface area contributed by atoms with E-state index in [4.69, 9.17) is 15.2 Å². The van der Waals surface area contributed by atoms with E-state index >= 15 is 0 Å². The molecule has 0 aromatic rings. The molecule has 1 aliphatic carbocycles. The van der Waals surface area contributed by atoms with Gasteiger partial charge in [-0.3, -0.25) is 4.90 Å². The number of likely N-dealkylation sites (tertiary alicyclic amines) is 1. The first kappa shape index (κ1) is 15.1. The number of carbonyl (C=O) groups is 2. The molecule has 0 unspecified atom stereocenters. The molecule has 6 heteroatoms. The van der Waals surface area contributed by atoms with Crippen LogP contribution in [0.15, 0.2) is 0 Å². The SMILES string of the molecule is CCOC(=O)[C@H]1C[C@H]2C[C@@H](N)CC[C@H]2CN1C(=O)OC. The third-order valence-corrected chi connectivity index (χ3v) is 4.48. The Morgan fingerprint density at radius 3 is 2.65 bits per heavy atom. The fraction of sp³-hybridized carbons (Fsp3) is 0.857. The first-order chi connectivity index (χ1) is 9.56. The summed E-state index contributed by atoms with van der Waals surface area (Å²) in [6, 6.07) is -0.322. The van der Waals surface area contributed by atoms with Crippen LogP contribution in [0.5, 0.6) is 0 Å². The van der Waals surface area contributed by atoms with Gasteiger partial charge in [-0.1, -0.05) is 0 Å². The molecule has 1 amide bonds. The average molecular weight is 284 g/mol. The molecule has 1 aliphatic heterocycles. The molecule has 6 nitrogen and oxygen atoms in total. The predicted octanol–water partition coefficient (Wildman–Crippen LogP) is 1.13. The normalized spacial score (nSPS) is 33.2. The monoisotopic (exact) mass is 284 g/mol. The van der Waals surface area contributed by atoms with Gasteiger partial charge < -0.3 is 15.2 Å². The Balaban J connectivity index is 2.13. The third kappa shape index (κ3) is 3.06. The van der Waals surface area contributed by atoms with Gasteiger partial charge in [0, 0.05) is 12.6 Å². The van der Waals surface area contributed by atoms with Gasteiger partial charge >= 0.3 is 12.1 Å². The van der Waals surface area contributed by atoms with Gasteiger partial charge in [0.05, 0.1) is 13.7 Å². The van der Waals surface area contributed by atoms with Crippen LogP contribution in [0.1, 0.15) is 32.6 Å². The number of piperidine rings is 1. The van der Waals surface area contributed by atoms with Crippen molar-refractivity contribution < 1.29 is 19.1 Å². The number of nitrogens with two attached hydrogens (primary N) is 1. The summed E-state index contributed by atoms with van der Waals surface area (Å²) in [5.74, 6) is 0.476. The summed E-state index contributed by atoms with van der Waals surface area (Å²) in [6.07, 6.45) is 3.10. The van der Waals surface area contributed by atoms with Gasteiger partial charge in [-0.05, 0) is 44.4 Å². The second kappa shape index (κ2) is 6.43. The largest absolute Gasteiger partial charge is 0.464 e. The summed E-state index contributed by atoms with van der Waals surface area (Å²) in [4.78, 5) is 25.5. The van der Waals surface area contributed by atoms with E-state index in [-0.39, 0.29) is 12.0 Å². The number of hydrogen-bond acceptors (Lipinski definition) is 5. The highest BCUT2D eigenvalue weighted by Crippen LogP contribution is 2.38.